The van der Waals surface area contributed by atoms with Gasteiger partial charge in [0.1, 0.15) is 0 Å². The summed E-state index contributed by atoms with van der Waals surface area (Å²) in [5.74, 6) is -1.89. The van der Waals surface area contributed by atoms with Crippen molar-refractivity contribution in [1.29, 1.82) is 0 Å². The van der Waals surface area contributed by atoms with Crippen molar-refractivity contribution in [2.45, 2.75) is 12.8 Å². The molecule has 1 saturated heterocycles. The fraction of sp³-hybridized carbons (Fsp3) is 0.333. The van der Waals surface area contributed by atoms with Gasteiger partial charge >= 0.3 is 11.9 Å². The Labute approximate surface area is 97.3 Å². The number of rotatable bonds is 3. The molecule has 1 unspecified atom stereocenters. The second kappa shape index (κ2) is 4.53. The molecule has 1 heterocycles. The Bertz CT molecular complexity index is 470. The lowest BCUT2D eigenvalue weighted by Gasteiger charge is -2.07. The maximum absolute atomic E-state index is 13.4. The van der Waals surface area contributed by atoms with Gasteiger partial charge in [0.25, 0.3) is 0 Å². The SMILES string of the molecule is COc1ccc(CC2CC(=O)OC2=O)cc1F. The first kappa shape index (κ1) is 11.6. The molecule has 2 rings (SSSR count). The first-order chi connectivity index (χ1) is 8.10. The van der Waals surface area contributed by atoms with Crippen molar-refractivity contribution >= 4 is 11.9 Å². The third-order valence-corrected chi connectivity index (χ3v) is 2.66. The van der Waals surface area contributed by atoms with E-state index in [1.165, 1.54) is 19.2 Å². The molecule has 5 heteroatoms. The Morgan fingerprint density at radius 1 is 1.47 bits per heavy atom. The number of cyclic esters (lactones) is 2. The average Bonchev–Trinajstić information content (AvgIpc) is 2.58. The van der Waals surface area contributed by atoms with Crippen LogP contribution >= 0.6 is 0 Å². The van der Waals surface area contributed by atoms with Gasteiger partial charge in [0.05, 0.1) is 19.4 Å². The van der Waals surface area contributed by atoms with Crippen LogP contribution in [0, 0.1) is 11.7 Å². The standard InChI is InChI=1S/C12H11FO4/c1-16-10-3-2-7(5-9(10)13)4-8-6-11(14)17-12(8)15/h2-3,5,8H,4,6H2,1H3. The smallest absolute Gasteiger partial charge is 0.317 e. The molecule has 1 aliphatic rings. The van der Waals surface area contributed by atoms with E-state index in [0.717, 1.165) is 0 Å². The highest BCUT2D eigenvalue weighted by Crippen LogP contribution is 2.24. The molecule has 1 atom stereocenters. The minimum Gasteiger partial charge on any atom is -0.494 e. The van der Waals surface area contributed by atoms with Crippen molar-refractivity contribution in [3.05, 3.63) is 29.6 Å². The number of ether oxygens (including phenoxy) is 2. The maximum Gasteiger partial charge on any atom is 0.317 e. The van der Waals surface area contributed by atoms with E-state index in [4.69, 9.17) is 4.74 Å². The molecule has 0 aromatic heterocycles. The van der Waals surface area contributed by atoms with E-state index in [1.54, 1.807) is 6.07 Å². The first-order valence-electron chi connectivity index (χ1n) is 5.17. The number of esters is 2. The molecule has 0 spiro atoms. The van der Waals surface area contributed by atoms with E-state index < -0.39 is 23.7 Å². The van der Waals surface area contributed by atoms with Crippen LogP contribution in [0.3, 0.4) is 0 Å². The van der Waals surface area contributed by atoms with E-state index in [1.807, 2.05) is 0 Å². The summed E-state index contributed by atoms with van der Waals surface area (Å²) < 4.78 is 22.6. The van der Waals surface area contributed by atoms with Crippen molar-refractivity contribution < 1.29 is 23.5 Å². The number of carbonyl (C=O) groups is 2. The molecule has 0 amide bonds. The van der Waals surface area contributed by atoms with Crippen LogP contribution in [0.25, 0.3) is 0 Å². The zero-order valence-electron chi connectivity index (χ0n) is 9.23. The van der Waals surface area contributed by atoms with Crippen LogP contribution in [-0.2, 0) is 20.7 Å². The number of halogens is 1. The molecule has 1 aromatic carbocycles. The van der Waals surface area contributed by atoms with Gasteiger partial charge in [-0.3, -0.25) is 9.59 Å². The van der Waals surface area contributed by atoms with Gasteiger partial charge < -0.3 is 9.47 Å². The second-order valence-electron chi connectivity index (χ2n) is 3.87. The molecule has 0 aliphatic carbocycles. The quantitative estimate of drug-likeness (QED) is 0.591. The third-order valence-electron chi connectivity index (χ3n) is 2.66. The highest BCUT2D eigenvalue weighted by Gasteiger charge is 2.33. The molecule has 0 saturated carbocycles. The van der Waals surface area contributed by atoms with Gasteiger partial charge in [0, 0.05) is 0 Å². The first-order valence-corrected chi connectivity index (χ1v) is 5.17. The molecule has 0 bridgehead atoms. The van der Waals surface area contributed by atoms with E-state index in [9.17, 15) is 14.0 Å². The lowest BCUT2D eigenvalue weighted by molar-refractivity contribution is -0.153. The summed E-state index contributed by atoms with van der Waals surface area (Å²) in [4.78, 5) is 22.1. The van der Waals surface area contributed by atoms with Crippen molar-refractivity contribution in [3.63, 3.8) is 0 Å². The molecule has 1 aromatic rings. The van der Waals surface area contributed by atoms with Crippen LogP contribution in [-0.4, -0.2) is 19.0 Å². The van der Waals surface area contributed by atoms with Crippen LogP contribution in [0.15, 0.2) is 18.2 Å². The van der Waals surface area contributed by atoms with E-state index in [-0.39, 0.29) is 12.2 Å². The van der Waals surface area contributed by atoms with Gasteiger partial charge in [-0.1, -0.05) is 6.07 Å². The molecule has 0 radical (unpaired) electrons. The maximum atomic E-state index is 13.4. The summed E-state index contributed by atoms with van der Waals surface area (Å²) in [6.45, 7) is 0. The van der Waals surface area contributed by atoms with Gasteiger partial charge in [-0.2, -0.15) is 0 Å². The topological polar surface area (TPSA) is 52.6 Å². The average molecular weight is 238 g/mol. The fourth-order valence-corrected chi connectivity index (χ4v) is 1.80. The summed E-state index contributed by atoms with van der Waals surface area (Å²) in [6.07, 6.45) is 0.359. The Kier molecular flexibility index (Phi) is 3.08. The molecule has 90 valence electrons. The van der Waals surface area contributed by atoms with Gasteiger partial charge in [-0.15, -0.1) is 0 Å². The zero-order chi connectivity index (χ0) is 12.4. The predicted molar refractivity (Wildman–Crippen MR) is 55.9 cm³/mol. The molecule has 0 N–H and O–H groups in total. The van der Waals surface area contributed by atoms with Crippen LogP contribution in [0.1, 0.15) is 12.0 Å². The summed E-state index contributed by atoms with van der Waals surface area (Å²) >= 11 is 0. The molecular formula is C12H11FO4. The monoisotopic (exact) mass is 238 g/mol. The van der Waals surface area contributed by atoms with Crippen LogP contribution in [0.2, 0.25) is 0 Å². The van der Waals surface area contributed by atoms with Gasteiger partial charge in [0.2, 0.25) is 0 Å². The molecule has 4 nitrogen and oxygen atoms in total. The second-order valence-corrected chi connectivity index (χ2v) is 3.87. The Morgan fingerprint density at radius 2 is 2.24 bits per heavy atom. The number of carbonyl (C=O) groups excluding carboxylic acids is 2. The van der Waals surface area contributed by atoms with E-state index in [2.05, 4.69) is 4.74 Å². The van der Waals surface area contributed by atoms with Gasteiger partial charge in [-0.05, 0) is 24.1 Å². The molecule has 1 fully saturated rings. The van der Waals surface area contributed by atoms with Crippen molar-refractivity contribution in [2.75, 3.05) is 7.11 Å². The number of hydrogen-bond acceptors (Lipinski definition) is 4. The molecule has 1 aliphatic heterocycles. The fourth-order valence-electron chi connectivity index (χ4n) is 1.80. The van der Waals surface area contributed by atoms with Gasteiger partial charge in [0.15, 0.2) is 11.6 Å². The molecular weight excluding hydrogens is 227 g/mol. The lowest BCUT2D eigenvalue weighted by atomic mass is 9.98. The third kappa shape index (κ3) is 2.43. The summed E-state index contributed by atoms with van der Waals surface area (Å²) in [6, 6.07) is 4.46. The number of methoxy groups -OCH3 is 1. The Hall–Kier alpha value is -1.91. The van der Waals surface area contributed by atoms with E-state index in [0.29, 0.717) is 12.0 Å². The van der Waals surface area contributed by atoms with Crippen molar-refractivity contribution in [1.82, 2.24) is 0 Å². The van der Waals surface area contributed by atoms with Crippen molar-refractivity contribution in [3.8, 4) is 5.75 Å². The van der Waals surface area contributed by atoms with E-state index >= 15 is 0 Å². The summed E-state index contributed by atoms with van der Waals surface area (Å²) in [5.41, 5.74) is 0.639. The van der Waals surface area contributed by atoms with Crippen LogP contribution in [0.4, 0.5) is 4.39 Å². The number of hydrogen-bond donors (Lipinski definition) is 0. The van der Waals surface area contributed by atoms with Crippen molar-refractivity contribution in [2.24, 2.45) is 5.92 Å². The zero-order valence-corrected chi connectivity index (χ0v) is 9.23. The van der Waals surface area contributed by atoms with Gasteiger partial charge in [-0.25, -0.2) is 4.39 Å². The minimum atomic E-state index is -0.536. The normalized spacial score (nSPS) is 19.3. The predicted octanol–water partition coefficient (Wildman–Crippen LogP) is 1.47. The Morgan fingerprint density at radius 3 is 2.76 bits per heavy atom. The summed E-state index contributed by atoms with van der Waals surface area (Å²) in [5, 5.41) is 0. The lowest BCUT2D eigenvalue weighted by Crippen LogP contribution is -2.10. The van der Waals surface area contributed by atoms with Crippen LogP contribution in [0.5, 0.6) is 5.75 Å². The number of benzene rings is 1. The highest BCUT2D eigenvalue weighted by atomic mass is 19.1. The molecule has 17 heavy (non-hydrogen) atoms. The Balaban J connectivity index is 2.11. The highest BCUT2D eigenvalue weighted by molar-refractivity contribution is 5.94. The summed E-state index contributed by atoms with van der Waals surface area (Å²) in [7, 11) is 1.38. The minimum absolute atomic E-state index is 0.0620. The van der Waals surface area contributed by atoms with Crippen LogP contribution < -0.4 is 4.74 Å². The largest absolute Gasteiger partial charge is 0.494 e.